The summed E-state index contributed by atoms with van der Waals surface area (Å²) in [6.45, 7) is 2.88. The number of nitrogens with two attached hydrogens (primary N) is 3. The number of carboxylic acid groups (broad SMARTS) is 1. The van der Waals surface area contributed by atoms with Crippen LogP contribution < -0.4 is 33.2 Å². The molecule has 1 aromatic rings. The van der Waals surface area contributed by atoms with Crippen LogP contribution in [-0.4, -0.2) is 82.3 Å². The number of nitrogens with zero attached hydrogens (tertiary/aromatic N) is 1. The first-order chi connectivity index (χ1) is 17.3. The smallest absolute Gasteiger partial charge is 0.326 e. The van der Waals surface area contributed by atoms with Gasteiger partial charge in [-0.3, -0.25) is 19.4 Å². The summed E-state index contributed by atoms with van der Waals surface area (Å²) in [4.78, 5) is 53.9. The Kier molecular flexibility index (Phi) is 12.8. The van der Waals surface area contributed by atoms with E-state index < -0.39 is 60.4 Å². The number of nitrogens with one attached hydrogen (secondary N) is 3. The van der Waals surface area contributed by atoms with Crippen LogP contribution in [0.2, 0.25) is 0 Å². The number of phenolic OH excluding ortho intramolecular Hbond substituents is 1. The summed E-state index contributed by atoms with van der Waals surface area (Å²) in [5.41, 5.74) is 16.7. The van der Waals surface area contributed by atoms with E-state index in [1.54, 1.807) is 13.8 Å². The molecule has 0 aliphatic heterocycles. The Morgan fingerprint density at radius 3 is 2.05 bits per heavy atom. The van der Waals surface area contributed by atoms with Crippen molar-refractivity contribution in [2.24, 2.45) is 28.1 Å². The number of guanidine groups is 1. The minimum absolute atomic E-state index is 0.00922. The minimum Gasteiger partial charge on any atom is -0.508 e. The number of phenols is 1. The van der Waals surface area contributed by atoms with E-state index in [-0.39, 0.29) is 37.5 Å². The molecule has 37 heavy (non-hydrogen) atoms. The Balaban J connectivity index is 3.05. The van der Waals surface area contributed by atoms with Crippen molar-refractivity contribution in [1.29, 1.82) is 0 Å². The van der Waals surface area contributed by atoms with E-state index >= 15 is 0 Å². The lowest BCUT2D eigenvalue weighted by atomic mass is 10.0. The van der Waals surface area contributed by atoms with Crippen LogP contribution in [0.15, 0.2) is 29.3 Å². The van der Waals surface area contributed by atoms with Crippen molar-refractivity contribution >= 4 is 29.7 Å². The molecule has 0 heterocycles. The highest BCUT2D eigenvalue weighted by atomic mass is 16.4. The van der Waals surface area contributed by atoms with Gasteiger partial charge in [-0.15, -0.1) is 0 Å². The fourth-order valence-corrected chi connectivity index (χ4v) is 3.25. The summed E-state index contributed by atoms with van der Waals surface area (Å²) < 4.78 is 0. The molecule has 1 aromatic carbocycles. The second kappa shape index (κ2) is 15.3. The SMILES string of the molecule is CC(C)C(NC(=O)C(N)CO)C(=O)NC(CCCN=C(N)N)C(=O)NC(Cc1ccc(O)cc1)C(=O)O. The van der Waals surface area contributed by atoms with Crippen molar-refractivity contribution in [2.75, 3.05) is 13.2 Å². The highest BCUT2D eigenvalue weighted by molar-refractivity contribution is 5.94. The first-order valence-electron chi connectivity index (χ1n) is 11.7. The normalized spacial score (nSPS) is 14.1. The van der Waals surface area contributed by atoms with E-state index in [0.29, 0.717) is 5.56 Å². The van der Waals surface area contributed by atoms with Crippen molar-refractivity contribution in [1.82, 2.24) is 16.0 Å². The van der Waals surface area contributed by atoms with Crippen LogP contribution in [-0.2, 0) is 25.6 Å². The maximum absolute atomic E-state index is 13.1. The highest BCUT2D eigenvalue weighted by Crippen LogP contribution is 2.12. The van der Waals surface area contributed by atoms with Crippen LogP contribution in [0, 0.1) is 5.92 Å². The quantitative estimate of drug-likeness (QED) is 0.0663. The number of carbonyl (C=O) groups is 4. The van der Waals surface area contributed by atoms with Crippen LogP contribution >= 0.6 is 0 Å². The summed E-state index contributed by atoms with van der Waals surface area (Å²) in [6, 6.07) is 1.04. The van der Waals surface area contributed by atoms with Crippen molar-refractivity contribution in [3.8, 4) is 5.75 Å². The fraction of sp³-hybridized carbons (Fsp3) is 0.522. The number of amides is 3. The van der Waals surface area contributed by atoms with Gasteiger partial charge < -0.3 is 48.5 Å². The predicted molar refractivity (Wildman–Crippen MR) is 135 cm³/mol. The van der Waals surface area contributed by atoms with Crippen molar-refractivity contribution in [3.63, 3.8) is 0 Å². The second-order valence-corrected chi connectivity index (χ2v) is 8.80. The average molecular weight is 524 g/mol. The zero-order chi connectivity index (χ0) is 28.1. The lowest BCUT2D eigenvalue weighted by Gasteiger charge is -2.27. The third-order valence-electron chi connectivity index (χ3n) is 5.35. The standard InChI is InChI=1S/C23H37N7O7/c1-12(2)18(30-19(33)15(24)11-31)21(35)28-16(4-3-9-27-23(25)26)20(34)29-17(22(36)37)10-13-5-7-14(32)8-6-13/h5-8,12,15-18,31-32H,3-4,9-11,24H2,1-2H3,(H,28,35)(H,29,34)(H,30,33)(H,36,37)(H4,25,26,27). The van der Waals surface area contributed by atoms with Gasteiger partial charge in [-0.2, -0.15) is 0 Å². The number of aliphatic hydroxyl groups excluding tert-OH is 1. The fourth-order valence-electron chi connectivity index (χ4n) is 3.25. The zero-order valence-electron chi connectivity index (χ0n) is 20.9. The van der Waals surface area contributed by atoms with Crippen LogP contribution in [0.3, 0.4) is 0 Å². The maximum atomic E-state index is 13.1. The van der Waals surface area contributed by atoms with Crippen LogP contribution in [0.4, 0.5) is 0 Å². The molecule has 0 aliphatic carbocycles. The molecule has 4 unspecified atom stereocenters. The van der Waals surface area contributed by atoms with Crippen LogP contribution in [0.25, 0.3) is 0 Å². The van der Waals surface area contributed by atoms with Gasteiger partial charge in [-0.25, -0.2) is 4.79 Å². The van der Waals surface area contributed by atoms with E-state index in [4.69, 9.17) is 22.3 Å². The van der Waals surface area contributed by atoms with Crippen molar-refractivity contribution < 1.29 is 34.5 Å². The first-order valence-corrected chi connectivity index (χ1v) is 11.7. The number of carbonyl (C=O) groups excluding carboxylic acids is 3. The molecule has 0 bridgehead atoms. The van der Waals surface area contributed by atoms with Crippen molar-refractivity contribution in [3.05, 3.63) is 29.8 Å². The molecule has 0 fully saturated rings. The summed E-state index contributed by atoms with van der Waals surface area (Å²) in [6.07, 6.45) is 0.272. The van der Waals surface area contributed by atoms with Gasteiger partial charge in [0.25, 0.3) is 0 Å². The van der Waals surface area contributed by atoms with Crippen LogP contribution in [0.1, 0.15) is 32.3 Å². The molecule has 12 N–H and O–H groups in total. The maximum Gasteiger partial charge on any atom is 0.326 e. The molecule has 0 saturated heterocycles. The zero-order valence-corrected chi connectivity index (χ0v) is 20.9. The molecule has 14 nitrogen and oxygen atoms in total. The van der Waals surface area contributed by atoms with E-state index in [9.17, 15) is 29.4 Å². The van der Waals surface area contributed by atoms with Gasteiger partial charge in [0.1, 0.15) is 29.9 Å². The van der Waals surface area contributed by atoms with Gasteiger partial charge in [-0.1, -0.05) is 26.0 Å². The molecule has 206 valence electrons. The monoisotopic (exact) mass is 523 g/mol. The number of aliphatic hydroxyl groups is 1. The molecule has 0 spiro atoms. The Morgan fingerprint density at radius 2 is 1.54 bits per heavy atom. The van der Waals surface area contributed by atoms with Gasteiger partial charge >= 0.3 is 5.97 Å². The molecular weight excluding hydrogens is 486 g/mol. The summed E-state index contributed by atoms with van der Waals surface area (Å²) in [7, 11) is 0. The molecule has 0 aliphatic rings. The number of rotatable bonds is 15. The Bertz CT molecular complexity index is 949. The molecule has 0 radical (unpaired) electrons. The van der Waals surface area contributed by atoms with E-state index in [1.165, 1.54) is 24.3 Å². The lowest BCUT2D eigenvalue weighted by molar-refractivity contribution is -0.142. The van der Waals surface area contributed by atoms with E-state index in [0.717, 1.165) is 0 Å². The van der Waals surface area contributed by atoms with Crippen LogP contribution in [0.5, 0.6) is 5.75 Å². The Hall–Kier alpha value is -3.91. The van der Waals surface area contributed by atoms with Gasteiger partial charge in [0.05, 0.1) is 6.61 Å². The summed E-state index contributed by atoms with van der Waals surface area (Å²) in [5, 5.41) is 35.6. The lowest BCUT2D eigenvalue weighted by Crippen LogP contribution is -2.58. The largest absolute Gasteiger partial charge is 0.508 e. The van der Waals surface area contributed by atoms with Gasteiger partial charge in [0.15, 0.2) is 5.96 Å². The number of aliphatic carboxylic acids is 1. The molecule has 4 atom stereocenters. The average Bonchev–Trinajstić information content (AvgIpc) is 2.83. The minimum atomic E-state index is -1.32. The molecule has 0 saturated carbocycles. The Labute approximate surface area is 214 Å². The van der Waals surface area contributed by atoms with Gasteiger partial charge in [-0.05, 0) is 36.5 Å². The molecular formula is C23H37N7O7. The second-order valence-electron chi connectivity index (χ2n) is 8.80. The van der Waals surface area contributed by atoms with Gasteiger partial charge in [0.2, 0.25) is 17.7 Å². The number of aromatic hydroxyl groups is 1. The number of hydrogen-bond donors (Lipinski definition) is 9. The third kappa shape index (κ3) is 11.1. The van der Waals surface area contributed by atoms with E-state index in [2.05, 4.69) is 20.9 Å². The summed E-state index contributed by atoms with van der Waals surface area (Å²) in [5.74, 6) is -4.03. The first kappa shape index (κ1) is 31.1. The highest BCUT2D eigenvalue weighted by Gasteiger charge is 2.31. The number of benzene rings is 1. The summed E-state index contributed by atoms with van der Waals surface area (Å²) >= 11 is 0. The predicted octanol–water partition coefficient (Wildman–Crippen LogP) is -2.50. The molecule has 14 heteroatoms. The third-order valence-corrected chi connectivity index (χ3v) is 5.35. The van der Waals surface area contributed by atoms with Gasteiger partial charge in [0, 0.05) is 13.0 Å². The molecule has 0 aromatic heterocycles. The number of hydrogen-bond acceptors (Lipinski definition) is 8. The molecule has 1 rings (SSSR count). The van der Waals surface area contributed by atoms with Crippen molar-refractivity contribution in [2.45, 2.75) is 57.3 Å². The topological polar surface area (TPSA) is 255 Å². The Morgan fingerprint density at radius 1 is 0.946 bits per heavy atom. The number of carboxylic acids is 1. The molecule has 3 amide bonds. The number of aliphatic imine (C=N–C) groups is 1. The van der Waals surface area contributed by atoms with E-state index in [1.807, 2.05) is 0 Å².